The van der Waals surface area contributed by atoms with Gasteiger partial charge in [0.25, 0.3) is 5.91 Å². The normalized spacial score (nSPS) is 15.4. The Morgan fingerprint density at radius 2 is 1.67 bits per heavy atom. The summed E-state index contributed by atoms with van der Waals surface area (Å²) in [7, 11) is 1.68. The number of carbonyl (C=O) groups excluding carboxylic acids is 1. The van der Waals surface area contributed by atoms with Gasteiger partial charge >= 0.3 is 0 Å². The van der Waals surface area contributed by atoms with E-state index in [0.29, 0.717) is 25.3 Å². The lowest BCUT2D eigenvalue weighted by Crippen LogP contribution is -2.43. The number of para-hydroxylation sites is 2. The summed E-state index contributed by atoms with van der Waals surface area (Å²) in [5, 5.41) is 3.54. The number of hydrogen-bond donors (Lipinski definition) is 1. The van der Waals surface area contributed by atoms with Crippen LogP contribution in [0.4, 0.5) is 5.69 Å². The Bertz CT molecular complexity index is 990. The maximum atomic E-state index is 13.3. The zero-order chi connectivity index (χ0) is 20.8. The fraction of sp³-hybridized carbons (Fsp3) is 0.240. The Morgan fingerprint density at radius 1 is 0.933 bits per heavy atom. The molecule has 3 aromatic rings. The van der Waals surface area contributed by atoms with Gasteiger partial charge in [-0.05, 0) is 30.2 Å². The summed E-state index contributed by atoms with van der Waals surface area (Å²) in [6.45, 7) is 1.66. The largest absolute Gasteiger partial charge is 0.488 e. The molecule has 1 atom stereocenters. The first kappa shape index (κ1) is 20.0. The third-order valence-corrected chi connectivity index (χ3v) is 5.22. The Labute approximate surface area is 177 Å². The highest BCUT2D eigenvalue weighted by Crippen LogP contribution is 2.37. The number of rotatable bonds is 8. The van der Waals surface area contributed by atoms with E-state index in [0.717, 1.165) is 29.0 Å². The third-order valence-electron chi connectivity index (χ3n) is 5.22. The molecular weight excluding hydrogens is 376 g/mol. The molecule has 3 aromatic carbocycles. The van der Waals surface area contributed by atoms with Crippen molar-refractivity contribution in [2.45, 2.75) is 19.2 Å². The molecule has 0 radical (unpaired) electrons. The van der Waals surface area contributed by atoms with Crippen molar-refractivity contribution >= 4 is 11.6 Å². The summed E-state index contributed by atoms with van der Waals surface area (Å²) < 4.78 is 11.4. The van der Waals surface area contributed by atoms with Crippen LogP contribution in [0.1, 0.15) is 34.1 Å². The number of benzene rings is 3. The average Bonchev–Trinajstić information content (AvgIpc) is 2.80. The van der Waals surface area contributed by atoms with Gasteiger partial charge in [-0.25, -0.2) is 0 Å². The summed E-state index contributed by atoms with van der Waals surface area (Å²) in [4.78, 5) is 15.2. The summed E-state index contributed by atoms with van der Waals surface area (Å²) in [6.07, 6.45) is 0.451. The van der Waals surface area contributed by atoms with Gasteiger partial charge in [0.2, 0.25) is 0 Å². The van der Waals surface area contributed by atoms with E-state index in [-0.39, 0.29) is 12.1 Å². The monoisotopic (exact) mass is 402 g/mol. The maximum Gasteiger partial charge on any atom is 0.257 e. The van der Waals surface area contributed by atoms with Crippen molar-refractivity contribution in [1.82, 2.24) is 4.90 Å². The zero-order valence-corrected chi connectivity index (χ0v) is 17.1. The number of ether oxygens (including phenoxy) is 2. The highest BCUT2D eigenvalue weighted by atomic mass is 16.5. The summed E-state index contributed by atoms with van der Waals surface area (Å²) in [5.41, 5.74) is 3.57. The average molecular weight is 402 g/mol. The predicted molar refractivity (Wildman–Crippen MR) is 118 cm³/mol. The minimum absolute atomic E-state index is 0.0170. The number of nitrogens with zero attached hydrogens (tertiary/aromatic N) is 1. The second kappa shape index (κ2) is 9.46. The van der Waals surface area contributed by atoms with Crippen molar-refractivity contribution in [1.29, 1.82) is 0 Å². The molecule has 1 N–H and O–H groups in total. The van der Waals surface area contributed by atoms with Crippen molar-refractivity contribution in [2.75, 3.05) is 25.6 Å². The van der Waals surface area contributed by atoms with Crippen LogP contribution in [0.3, 0.4) is 0 Å². The van der Waals surface area contributed by atoms with E-state index < -0.39 is 0 Å². The van der Waals surface area contributed by atoms with Gasteiger partial charge in [0.1, 0.15) is 18.5 Å². The molecule has 0 aliphatic carbocycles. The summed E-state index contributed by atoms with van der Waals surface area (Å²) in [5.74, 6) is 0.783. The number of carbonyl (C=O) groups is 1. The molecule has 0 saturated heterocycles. The van der Waals surface area contributed by atoms with Crippen LogP contribution in [0.2, 0.25) is 0 Å². The van der Waals surface area contributed by atoms with Crippen LogP contribution in [-0.2, 0) is 11.3 Å². The van der Waals surface area contributed by atoms with Crippen molar-refractivity contribution in [3.05, 3.63) is 95.6 Å². The molecule has 0 bridgehead atoms. The topological polar surface area (TPSA) is 50.8 Å². The molecule has 1 amide bonds. The second-order valence-electron chi connectivity index (χ2n) is 7.25. The molecule has 154 valence electrons. The minimum atomic E-state index is -0.309. The van der Waals surface area contributed by atoms with Crippen LogP contribution >= 0.6 is 0 Å². The van der Waals surface area contributed by atoms with Gasteiger partial charge in [-0.1, -0.05) is 60.7 Å². The summed E-state index contributed by atoms with van der Waals surface area (Å²) in [6, 6.07) is 25.6. The third kappa shape index (κ3) is 4.31. The van der Waals surface area contributed by atoms with E-state index in [2.05, 4.69) is 5.32 Å². The Morgan fingerprint density at radius 3 is 2.50 bits per heavy atom. The van der Waals surface area contributed by atoms with Crippen LogP contribution in [0.15, 0.2) is 78.9 Å². The standard InChI is InChI=1S/C25H26N2O3/c1-29-17-9-16-27-24(26-22-14-7-5-12-20(22)25(27)28)21-13-6-8-15-23(21)30-18-19-10-3-2-4-11-19/h2-8,10-15,24,26H,9,16-18H2,1H3. The molecular formula is C25H26N2O3. The fourth-order valence-corrected chi connectivity index (χ4v) is 3.72. The molecule has 4 rings (SSSR count). The fourth-order valence-electron chi connectivity index (χ4n) is 3.72. The first-order valence-electron chi connectivity index (χ1n) is 10.2. The zero-order valence-electron chi connectivity index (χ0n) is 17.1. The van der Waals surface area contributed by atoms with Crippen molar-refractivity contribution in [3.8, 4) is 5.75 Å². The number of methoxy groups -OCH3 is 1. The number of hydrogen-bond acceptors (Lipinski definition) is 4. The van der Waals surface area contributed by atoms with Crippen LogP contribution in [0, 0.1) is 0 Å². The van der Waals surface area contributed by atoms with E-state index in [1.165, 1.54) is 0 Å². The number of anilines is 1. The molecule has 1 heterocycles. The van der Waals surface area contributed by atoms with Gasteiger partial charge in [0.05, 0.1) is 5.56 Å². The van der Waals surface area contributed by atoms with Crippen molar-refractivity contribution in [2.24, 2.45) is 0 Å². The van der Waals surface area contributed by atoms with Gasteiger partial charge < -0.3 is 19.7 Å². The van der Waals surface area contributed by atoms with Crippen LogP contribution in [0.25, 0.3) is 0 Å². The number of amides is 1. The Hall–Kier alpha value is -3.31. The van der Waals surface area contributed by atoms with Crippen LogP contribution in [-0.4, -0.2) is 31.1 Å². The van der Waals surface area contributed by atoms with E-state index >= 15 is 0 Å². The minimum Gasteiger partial charge on any atom is -0.488 e. The van der Waals surface area contributed by atoms with E-state index in [1.54, 1.807) is 7.11 Å². The van der Waals surface area contributed by atoms with Crippen LogP contribution in [0.5, 0.6) is 5.75 Å². The number of fused-ring (bicyclic) bond motifs is 1. The van der Waals surface area contributed by atoms with Gasteiger partial charge in [-0.2, -0.15) is 0 Å². The first-order chi connectivity index (χ1) is 14.8. The quantitative estimate of drug-likeness (QED) is 0.546. The lowest BCUT2D eigenvalue weighted by Gasteiger charge is -2.38. The molecule has 0 saturated carbocycles. The van der Waals surface area contributed by atoms with Crippen molar-refractivity contribution < 1.29 is 14.3 Å². The highest BCUT2D eigenvalue weighted by molar-refractivity contribution is 6.01. The van der Waals surface area contributed by atoms with Gasteiger partial charge in [0, 0.05) is 31.5 Å². The molecule has 1 aliphatic heterocycles. The molecule has 0 aromatic heterocycles. The molecule has 30 heavy (non-hydrogen) atoms. The number of nitrogens with one attached hydrogen (secondary N) is 1. The SMILES string of the molecule is COCCCN1C(=O)c2ccccc2NC1c1ccccc1OCc1ccccc1. The molecule has 5 nitrogen and oxygen atoms in total. The highest BCUT2D eigenvalue weighted by Gasteiger charge is 2.33. The Kier molecular flexibility index (Phi) is 6.30. The molecule has 0 spiro atoms. The molecule has 1 aliphatic rings. The van der Waals surface area contributed by atoms with E-state index in [9.17, 15) is 4.79 Å². The first-order valence-corrected chi connectivity index (χ1v) is 10.2. The lowest BCUT2D eigenvalue weighted by molar-refractivity contribution is 0.0657. The van der Waals surface area contributed by atoms with Gasteiger partial charge in [-0.3, -0.25) is 4.79 Å². The van der Waals surface area contributed by atoms with Gasteiger partial charge in [-0.15, -0.1) is 0 Å². The lowest BCUT2D eigenvalue weighted by atomic mass is 10.0. The molecule has 1 unspecified atom stereocenters. The molecule has 0 fully saturated rings. The van der Waals surface area contributed by atoms with E-state index in [4.69, 9.17) is 9.47 Å². The van der Waals surface area contributed by atoms with Crippen molar-refractivity contribution in [3.63, 3.8) is 0 Å². The Balaban J connectivity index is 1.64. The molecule has 5 heteroatoms. The summed E-state index contributed by atoms with van der Waals surface area (Å²) >= 11 is 0. The maximum absolute atomic E-state index is 13.3. The van der Waals surface area contributed by atoms with Crippen LogP contribution < -0.4 is 10.1 Å². The van der Waals surface area contributed by atoms with Gasteiger partial charge in [0.15, 0.2) is 0 Å². The second-order valence-corrected chi connectivity index (χ2v) is 7.25. The smallest absolute Gasteiger partial charge is 0.257 e. The van der Waals surface area contributed by atoms with E-state index in [1.807, 2.05) is 83.8 Å². The predicted octanol–water partition coefficient (Wildman–Crippen LogP) is 4.87.